The highest BCUT2D eigenvalue weighted by Crippen LogP contribution is 2.53. The molecule has 0 aromatic heterocycles. The van der Waals surface area contributed by atoms with Gasteiger partial charge in [-0.3, -0.25) is 9.59 Å². The van der Waals surface area contributed by atoms with Crippen LogP contribution < -0.4 is 0 Å². The fourth-order valence-corrected chi connectivity index (χ4v) is 2.12. The molecule has 0 spiro atoms. The Hall–Kier alpha value is -1.14. The molecule has 0 aromatic carbocycles. The normalized spacial score (nSPS) is 26.4. The Bertz CT molecular complexity index is 245. The zero-order valence-electron chi connectivity index (χ0n) is 11.8. The molecule has 1 saturated carbocycles. The molecular weight excluding hydrogens is 240 g/mol. The molecule has 6 nitrogen and oxygen atoms in total. The molecule has 0 amide bonds. The molecule has 0 aliphatic heterocycles. The molecule has 0 unspecified atom stereocenters. The van der Waals surface area contributed by atoms with Crippen molar-refractivity contribution in [1.82, 2.24) is 0 Å². The zero-order valence-corrected chi connectivity index (χ0v) is 11.8. The van der Waals surface area contributed by atoms with E-state index in [1.807, 2.05) is 27.7 Å². The van der Waals surface area contributed by atoms with Gasteiger partial charge in [0.2, 0.25) is 0 Å². The van der Waals surface area contributed by atoms with Crippen molar-refractivity contribution in [3.05, 3.63) is 0 Å². The minimum absolute atomic E-state index is 0.316. The lowest BCUT2D eigenvalue weighted by atomic mass is 9.51. The van der Waals surface area contributed by atoms with Gasteiger partial charge in [0.05, 0.1) is 12.2 Å². The molecule has 1 aliphatic rings. The van der Waals surface area contributed by atoms with E-state index in [-0.39, 0.29) is 23.0 Å². The van der Waals surface area contributed by atoms with Gasteiger partial charge in [-0.1, -0.05) is 27.7 Å². The molecule has 0 atom stereocenters. The van der Waals surface area contributed by atoms with Crippen molar-refractivity contribution in [2.75, 3.05) is 0 Å². The number of hydrogen-bond acceptors (Lipinski definition) is 4. The monoisotopic (exact) mass is 264 g/mol. The molecule has 0 aromatic rings. The Labute approximate surface area is 107 Å². The third kappa shape index (κ3) is 5.46. The summed E-state index contributed by atoms with van der Waals surface area (Å²) in [5, 5.41) is 33.9. The highest BCUT2D eigenvalue weighted by Gasteiger charge is 2.60. The summed E-state index contributed by atoms with van der Waals surface area (Å²) >= 11 is 0. The molecule has 18 heavy (non-hydrogen) atoms. The van der Waals surface area contributed by atoms with Gasteiger partial charge in [-0.25, -0.2) is 0 Å². The summed E-state index contributed by atoms with van der Waals surface area (Å²) in [5.41, 5.74) is -0.632. The lowest BCUT2D eigenvalue weighted by molar-refractivity contribution is -0.247. The maximum atomic E-state index is 9.51. The molecule has 4 N–H and O–H groups in total. The van der Waals surface area contributed by atoms with Crippen molar-refractivity contribution in [2.24, 2.45) is 10.8 Å². The third-order valence-corrected chi connectivity index (χ3v) is 2.82. The predicted octanol–water partition coefficient (Wildman–Crippen LogP) is 0.956. The largest absolute Gasteiger partial charge is 0.481 e. The summed E-state index contributed by atoms with van der Waals surface area (Å²) in [4.78, 5) is 18.0. The van der Waals surface area contributed by atoms with E-state index in [9.17, 15) is 10.2 Å². The van der Waals surface area contributed by atoms with Gasteiger partial charge < -0.3 is 20.4 Å². The molecule has 0 radical (unpaired) electrons. The standard InChI is InChI=1S/C8H16O2.2C2H4O2/c1-7(2)5(9)8(3,4)6(7)10;2*1-2(3)4/h5-6,9-10H,1-4H3;2*1H3,(H,3,4). The Balaban J connectivity index is 0. The van der Waals surface area contributed by atoms with Crippen LogP contribution in [0.25, 0.3) is 0 Å². The molecule has 0 bridgehead atoms. The first-order chi connectivity index (χ1) is 7.77. The molecule has 1 aliphatic carbocycles. The number of carboxylic acid groups (broad SMARTS) is 2. The first-order valence-corrected chi connectivity index (χ1v) is 5.53. The van der Waals surface area contributed by atoms with Gasteiger partial charge >= 0.3 is 0 Å². The van der Waals surface area contributed by atoms with E-state index < -0.39 is 11.9 Å². The van der Waals surface area contributed by atoms with Crippen LogP contribution in [0, 0.1) is 10.8 Å². The average Bonchev–Trinajstić information content (AvgIpc) is 2.13. The summed E-state index contributed by atoms with van der Waals surface area (Å²) < 4.78 is 0. The van der Waals surface area contributed by atoms with Crippen LogP contribution in [0.2, 0.25) is 0 Å². The SMILES string of the molecule is CC(=O)O.CC(=O)O.CC1(C)C(O)C(C)(C)C1O. The highest BCUT2D eigenvalue weighted by molar-refractivity contribution is 5.63. The van der Waals surface area contributed by atoms with Crippen molar-refractivity contribution >= 4 is 11.9 Å². The van der Waals surface area contributed by atoms with Crippen LogP contribution in [-0.4, -0.2) is 44.6 Å². The highest BCUT2D eigenvalue weighted by atomic mass is 16.4. The number of carbonyl (C=O) groups is 2. The van der Waals surface area contributed by atoms with Crippen LogP contribution in [0.1, 0.15) is 41.5 Å². The summed E-state index contributed by atoms with van der Waals surface area (Å²) in [6.07, 6.45) is -0.759. The Kier molecular flexibility index (Phi) is 7.15. The number of hydrogen-bond donors (Lipinski definition) is 4. The van der Waals surface area contributed by atoms with E-state index >= 15 is 0 Å². The zero-order chi connectivity index (χ0) is 15.3. The fourth-order valence-electron chi connectivity index (χ4n) is 2.12. The predicted molar refractivity (Wildman–Crippen MR) is 66.2 cm³/mol. The van der Waals surface area contributed by atoms with Crippen molar-refractivity contribution in [3.8, 4) is 0 Å². The molecule has 1 fully saturated rings. The molecule has 0 heterocycles. The van der Waals surface area contributed by atoms with Crippen LogP contribution in [-0.2, 0) is 9.59 Å². The number of rotatable bonds is 0. The smallest absolute Gasteiger partial charge is 0.300 e. The van der Waals surface area contributed by atoms with Crippen molar-refractivity contribution in [3.63, 3.8) is 0 Å². The minimum Gasteiger partial charge on any atom is -0.481 e. The Morgan fingerprint density at radius 3 is 0.944 bits per heavy atom. The van der Waals surface area contributed by atoms with Gasteiger partial charge in [0, 0.05) is 24.7 Å². The van der Waals surface area contributed by atoms with Crippen molar-refractivity contribution in [2.45, 2.75) is 53.8 Å². The van der Waals surface area contributed by atoms with Crippen molar-refractivity contribution in [1.29, 1.82) is 0 Å². The molecule has 108 valence electrons. The van der Waals surface area contributed by atoms with E-state index in [0.717, 1.165) is 13.8 Å². The summed E-state index contributed by atoms with van der Waals surface area (Å²) in [6.45, 7) is 9.70. The van der Waals surface area contributed by atoms with E-state index in [0.29, 0.717) is 0 Å². The van der Waals surface area contributed by atoms with Crippen molar-refractivity contribution < 1.29 is 30.0 Å². The van der Waals surface area contributed by atoms with Gasteiger partial charge in [0.25, 0.3) is 11.9 Å². The van der Waals surface area contributed by atoms with Crippen LogP contribution in [0.15, 0.2) is 0 Å². The van der Waals surface area contributed by atoms with Crippen LogP contribution in [0.4, 0.5) is 0 Å². The maximum absolute atomic E-state index is 9.51. The van der Waals surface area contributed by atoms with Gasteiger partial charge in [0.1, 0.15) is 0 Å². The first kappa shape index (κ1) is 19.2. The maximum Gasteiger partial charge on any atom is 0.300 e. The van der Waals surface area contributed by atoms with Crippen LogP contribution in [0.3, 0.4) is 0 Å². The minimum atomic E-state index is -0.833. The Morgan fingerprint density at radius 2 is 0.889 bits per heavy atom. The van der Waals surface area contributed by atoms with Crippen LogP contribution in [0.5, 0.6) is 0 Å². The molecular formula is C12H24O6. The van der Waals surface area contributed by atoms with E-state index in [2.05, 4.69) is 0 Å². The summed E-state index contributed by atoms with van der Waals surface area (Å²) in [5.74, 6) is -1.67. The Morgan fingerprint density at radius 1 is 0.778 bits per heavy atom. The third-order valence-electron chi connectivity index (χ3n) is 2.82. The van der Waals surface area contributed by atoms with Gasteiger partial charge in [-0.15, -0.1) is 0 Å². The second-order valence-corrected chi connectivity index (χ2v) is 5.49. The molecule has 1 rings (SSSR count). The second kappa shape index (κ2) is 6.70. The number of aliphatic hydroxyl groups is 2. The van der Waals surface area contributed by atoms with Gasteiger partial charge in [0.15, 0.2) is 0 Å². The molecule has 0 saturated heterocycles. The fraction of sp³-hybridized carbons (Fsp3) is 0.833. The number of aliphatic carboxylic acids is 2. The van der Waals surface area contributed by atoms with Gasteiger partial charge in [-0.05, 0) is 0 Å². The van der Waals surface area contributed by atoms with E-state index in [1.54, 1.807) is 0 Å². The average molecular weight is 264 g/mol. The lowest BCUT2D eigenvalue weighted by Crippen LogP contribution is -2.67. The van der Waals surface area contributed by atoms with Crippen LogP contribution >= 0.6 is 0 Å². The molecule has 6 heteroatoms. The topological polar surface area (TPSA) is 115 Å². The number of aliphatic hydroxyl groups excluding tert-OH is 2. The summed E-state index contributed by atoms with van der Waals surface area (Å²) in [6, 6.07) is 0. The second-order valence-electron chi connectivity index (χ2n) is 5.49. The van der Waals surface area contributed by atoms with Gasteiger partial charge in [-0.2, -0.15) is 0 Å². The number of carboxylic acids is 2. The quantitative estimate of drug-likeness (QED) is 0.518. The lowest BCUT2D eigenvalue weighted by Gasteiger charge is -2.59. The van der Waals surface area contributed by atoms with E-state index in [1.165, 1.54) is 0 Å². The van der Waals surface area contributed by atoms with E-state index in [4.69, 9.17) is 19.8 Å². The first-order valence-electron chi connectivity index (χ1n) is 5.53. The summed E-state index contributed by atoms with van der Waals surface area (Å²) in [7, 11) is 0.